The molecular weight excluding hydrogens is 214 g/mol. The Morgan fingerprint density at radius 1 is 1.44 bits per heavy atom. The Kier molecular flexibility index (Phi) is 4.56. The quantitative estimate of drug-likeness (QED) is 0.543. The highest BCUT2D eigenvalue weighted by atomic mass is 16.4. The number of urea groups is 1. The van der Waals surface area contributed by atoms with Crippen LogP contribution in [0.2, 0.25) is 0 Å². The first-order chi connectivity index (χ1) is 7.59. The van der Waals surface area contributed by atoms with E-state index >= 15 is 0 Å². The summed E-state index contributed by atoms with van der Waals surface area (Å²) < 4.78 is 0. The van der Waals surface area contributed by atoms with Crippen LogP contribution in [0, 0.1) is 0 Å². The lowest BCUT2D eigenvalue weighted by atomic mass is 10.3. The molecule has 0 radical (unpaired) electrons. The molecule has 0 atom stereocenters. The molecule has 3 amide bonds. The number of aliphatic carboxylic acids is 1. The van der Waals surface area contributed by atoms with E-state index in [1.54, 1.807) is 4.90 Å². The summed E-state index contributed by atoms with van der Waals surface area (Å²) in [5.74, 6) is -1.30. The van der Waals surface area contributed by atoms with Gasteiger partial charge in [-0.05, 0) is 0 Å². The maximum absolute atomic E-state index is 11.1. The van der Waals surface area contributed by atoms with Crippen molar-refractivity contribution in [3.63, 3.8) is 0 Å². The number of rotatable bonds is 6. The molecule has 0 aromatic carbocycles. The van der Waals surface area contributed by atoms with Crippen LogP contribution in [0.15, 0.2) is 0 Å². The van der Waals surface area contributed by atoms with Gasteiger partial charge in [0, 0.05) is 32.6 Å². The molecule has 1 aliphatic rings. The molecule has 16 heavy (non-hydrogen) atoms. The van der Waals surface area contributed by atoms with Crippen molar-refractivity contribution in [1.29, 1.82) is 0 Å². The van der Waals surface area contributed by atoms with E-state index in [1.165, 1.54) is 0 Å². The average Bonchev–Trinajstić information content (AvgIpc) is 2.61. The third-order valence-corrected chi connectivity index (χ3v) is 2.21. The standard InChI is InChI=1S/C9H15N3O4/c13-7(1-2-8(14)15)10-3-5-12-6-4-11-9(12)16/h1-6H2,(H,10,13)(H,11,16)(H,14,15). The molecule has 7 nitrogen and oxygen atoms in total. The van der Waals surface area contributed by atoms with Crippen molar-refractivity contribution in [2.24, 2.45) is 0 Å². The Morgan fingerprint density at radius 3 is 2.75 bits per heavy atom. The molecule has 0 bridgehead atoms. The largest absolute Gasteiger partial charge is 0.481 e. The van der Waals surface area contributed by atoms with Gasteiger partial charge in [-0.15, -0.1) is 0 Å². The van der Waals surface area contributed by atoms with Crippen molar-refractivity contribution in [3.05, 3.63) is 0 Å². The molecule has 90 valence electrons. The number of carbonyl (C=O) groups excluding carboxylic acids is 2. The van der Waals surface area contributed by atoms with Crippen molar-refractivity contribution in [2.75, 3.05) is 26.2 Å². The third kappa shape index (κ3) is 4.16. The molecule has 1 saturated heterocycles. The number of hydrogen-bond donors (Lipinski definition) is 3. The lowest BCUT2D eigenvalue weighted by molar-refractivity contribution is -0.138. The van der Waals surface area contributed by atoms with Gasteiger partial charge >= 0.3 is 12.0 Å². The molecule has 0 spiro atoms. The van der Waals surface area contributed by atoms with E-state index in [-0.39, 0.29) is 24.8 Å². The van der Waals surface area contributed by atoms with E-state index in [0.29, 0.717) is 26.2 Å². The molecule has 0 aromatic heterocycles. The van der Waals surface area contributed by atoms with E-state index < -0.39 is 5.97 Å². The van der Waals surface area contributed by atoms with Gasteiger partial charge in [0.2, 0.25) is 5.91 Å². The second-order valence-electron chi connectivity index (χ2n) is 3.46. The summed E-state index contributed by atoms with van der Waals surface area (Å²) in [4.78, 5) is 34.0. The van der Waals surface area contributed by atoms with Gasteiger partial charge in [-0.25, -0.2) is 4.79 Å². The van der Waals surface area contributed by atoms with Crippen molar-refractivity contribution in [3.8, 4) is 0 Å². The predicted octanol–water partition coefficient (Wildman–Crippen LogP) is -1.01. The first-order valence-electron chi connectivity index (χ1n) is 5.11. The van der Waals surface area contributed by atoms with Gasteiger partial charge in [0.05, 0.1) is 6.42 Å². The second-order valence-corrected chi connectivity index (χ2v) is 3.46. The number of carboxylic acid groups (broad SMARTS) is 1. The summed E-state index contributed by atoms with van der Waals surface area (Å²) in [6.45, 7) is 2.08. The van der Waals surface area contributed by atoms with Gasteiger partial charge in [-0.3, -0.25) is 9.59 Å². The lowest BCUT2D eigenvalue weighted by Crippen LogP contribution is -2.36. The van der Waals surface area contributed by atoms with Crippen LogP contribution < -0.4 is 10.6 Å². The zero-order chi connectivity index (χ0) is 12.0. The molecule has 0 saturated carbocycles. The fourth-order valence-electron chi connectivity index (χ4n) is 1.36. The van der Waals surface area contributed by atoms with Crippen LogP contribution >= 0.6 is 0 Å². The van der Waals surface area contributed by atoms with Gasteiger partial charge in [0.1, 0.15) is 0 Å². The lowest BCUT2D eigenvalue weighted by Gasteiger charge is -2.13. The normalized spacial score (nSPS) is 14.8. The van der Waals surface area contributed by atoms with Gasteiger partial charge < -0.3 is 20.6 Å². The monoisotopic (exact) mass is 229 g/mol. The van der Waals surface area contributed by atoms with E-state index in [0.717, 1.165) is 0 Å². The maximum Gasteiger partial charge on any atom is 0.317 e. The minimum absolute atomic E-state index is 0.0263. The molecular formula is C9H15N3O4. The number of nitrogens with zero attached hydrogens (tertiary/aromatic N) is 1. The number of hydrogen-bond acceptors (Lipinski definition) is 3. The number of nitrogens with one attached hydrogen (secondary N) is 2. The Bertz CT molecular complexity index is 292. The molecule has 0 aromatic rings. The minimum atomic E-state index is -0.992. The van der Waals surface area contributed by atoms with Gasteiger partial charge in [-0.2, -0.15) is 0 Å². The summed E-state index contributed by atoms with van der Waals surface area (Å²) in [6, 6.07) is -0.125. The second kappa shape index (κ2) is 5.94. The van der Waals surface area contributed by atoms with Gasteiger partial charge in [-0.1, -0.05) is 0 Å². The zero-order valence-corrected chi connectivity index (χ0v) is 8.86. The fraction of sp³-hybridized carbons (Fsp3) is 0.667. The van der Waals surface area contributed by atoms with Crippen molar-refractivity contribution < 1.29 is 19.5 Å². The molecule has 1 aliphatic heterocycles. The van der Waals surface area contributed by atoms with Crippen molar-refractivity contribution in [1.82, 2.24) is 15.5 Å². The fourth-order valence-corrected chi connectivity index (χ4v) is 1.36. The van der Waals surface area contributed by atoms with Crippen LogP contribution in [-0.4, -0.2) is 54.1 Å². The van der Waals surface area contributed by atoms with E-state index in [4.69, 9.17) is 5.11 Å². The SMILES string of the molecule is O=C(O)CCC(=O)NCCN1CCNC1=O. The summed E-state index contributed by atoms with van der Waals surface area (Å²) in [5.41, 5.74) is 0. The number of carbonyl (C=O) groups is 3. The van der Waals surface area contributed by atoms with E-state index in [9.17, 15) is 14.4 Å². The highest BCUT2D eigenvalue weighted by Gasteiger charge is 2.18. The highest BCUT2D eigenvalue weighted by Crippen LogP contribution is 1.95. The minimum Gasteiger partial charge on any atom is -0.481 e. The average molecular weight is 229 g/mol. The molecule has 0 unspecified atom stereocenters. The first-order valence-corrected chi connectivity index (χ1v) is 5.11. The zero-order valence-electron chi connectivity index (χ0n) is 8.86. The topological polar surface area (TPSA) is 98.7 Å². The molecule has 1 rings (SSSR count). The summed E-state index contributed by atoms with van der Waals surface area (Å²) >= 11 is 0. The summed E-state index contributed by atoms with van der Waals surface area (Å²) in [7, 11) is 0. The van der Waals surface area contributed by atoms with Crippen molar-refractivity contribution >= 4 is 17.9 Å². The van der Waals surface area contributed by atoms with Crippen LogP contribution in [0.25, 0.3) is 0 Å². The predicted molar refractivity (Wildman–Crippen MR) is 54.9 cm³/mol. The van der Waals surface area contributed by atoms with Crippen molar-refractivity contribution in [2.45, 2.75) is 12.8 Å². The van der Waals surface area contributed by atoms with Crippen LogP contribution in [0.5, 0.6) is 0 Å². The van der Waals surface area contributed by atoms with Crippen LogP contribution in [-0.2, 0) is 9.59 Å². The number of carboxylic acids is 1. The summed E-state index contributed by atoms with van der Waals surface area (Å²) in [6.07, 6.45) is -0.197. The van der Waals surface area contributed by atoms with E-state index in [1.807, 2.05) is 0 Å². The molecule has 7 heteroatoms. The maximum atomic E-state index is 11.1. The molecule has 3 N–H and O–H groups in total. The Morgan fingerprint density at radius 2 is 2.19 bits per heavy atom. The molecule has 0 aliphatic carbocycles. The first kappa shape index (κ1) is 12.3. The van der Waals surface area contributed by atoms with Gasteiger partial charge in [0.15, 0.2) is 0 Å². The summed E-state index contributed by atoms with van der Waals surface area (Å²) in [5, 5.41) is 13.6. The van der Waals surface area contributed by atoms with Crippen LogP contribution in [0.1, 0.15) is 12.8 Å². The smallest absolute Gasteiger partial charge is 0.317 e. The Labute approximate surface area is 92.8 Å². The number of amides is 3. The van der Waals surface area contributed by atoms with Crippen LogP contribution in [0.4, 0.5) is 4.79 Å². The molecule has 1 fully saturated rings. The molecule has 1 heterocycles. The van der Waals surface area contributed by atoms with Crippen LogP contribution in [0.3, 0.4) is 0 Å². The van der Waals surface area contributed by atoms with Gasteiger partial charge in [0.25, 0.3) is 0 Å². The highest BCUT2D eigenvalue weighted by molar-refractivity contribution is 5.80. The van der Waals surface area contributed by atoms with E-state index in [2.05, 4.69) is 10.6 Å². The third-order valence-electron chi connectivity index (χ3n) is 2.21. The Balaban J connectivity index is 2.08. The Hall–Kier alpha value is -1.79.